The van der Waals surface area contributed by atoms with E-state index >= 15 is 0 Å². The summed E-state index contributed by atoms with van der Waals surface area (Å²) in [6, 6.07) is 12.0. The van der Waals surface area contributed by atoms with Crippen LogP contribution < -0.4 is 19.5 Å². The van der Waals surface area contributed by atoms with Gasteiger partial charge in [0, 0.05) is 25.8 Å². The number of sulfonamides is 1. The minimum Gasteiger partial charge on any atom is -0.497 e. The molecule has 188 valence electrons. The number of benzene rings is 2. The van der Waals surface area contributed by atoms with Gasteiger partial charge in [-0.3, -0.25) is 9.69 Å². The Labute approximate surface area is 202 Å². The Balaban J connectivity index is 2.27. The van der Waals surface area contributed by atoms with Crippen LogP contribution in [0.25, 0.3) is 0 Å². The smallest absolute Gasteiger partial charge is 0.251 e. The number of ether oxygens (including phenoxy) is 3. The molecule has 0 fully saturated rings. The SMILES string of the molecule is CCN(CC)C(CNC(=O)c1ccc(OC)c(S(=O)(=O)NCCOC)c1)c1cccc(OC)c1. The molecule has 0 spiro atoms. The summed E-state index contributed by atoms with van der Waals surface area (Å²) >= 11 is 0. The number of carbonyl (C=O) groups excluding carboxylic acids is 1. The normalized spacial score (nSPS) is 12.4. The first-order chi connectivity index (χ1) is 16.3. The van der Waals surface area contributed by atoms with Gasteiger partial charge in [0.25, 0.3) is 5.91 Å². The minimum absolute atomic E-state index is 0.0776. The van der Waals surface area contributed by atoms with Crippen LogP contribution in [0.4, 0.5) is 0 Å². The van der Waals surface area contributed by atoms with E-state index in [-0.39, 0.29) is 41.3 Å². The number of nitrogens with one attached hydrogen (secondary N) is 2. The number of methoxy groups -OCH3 is 3. The molecule has 2 N–H and O–H groups in total. The molecule has 0 bridgehead atoms. The second-order valence-electron chi connectivity index (χ2n) is 7.48. The Hall–Kier alpha value is -2.66. The Bertz CT molecular complexity index is 1040. The fourth-order valence-electron chi connectivity index (χ4n) is 3.65. The van der Waals surface area contributed by atoms with Gasteiger partial charge in [-0.15, -0.1) is 0 Å². The van der Waals surface area contributed by atoms with Gasteiger partial charge in [-0.25, -0.2) is 13.1 Å². The lowest BCUT2D eigenvalue weighted by Crippen LogP contribution is -2.38. The molecule has 9 nitrogen and oxygen atoms in total. The lowest BCUT2D eigenvalue weighted by atomic mass is 10.0. The number of rotatable bonds is 14. The first-order valence-corrected chi connectivity index (χ1v) is 12.6. The van der Waals surface area contributed by atoms with Crippen molar-refractivity contribution in [3.8, 4) is 11.5 Å². The van der Waals surface area contributed by atoms with Gasteiger partial charge in [0.15, 0.2) is 0 Å². The fraction of sp³-hybridized carbons (Fsp3) is 0.458. The van der Waals surface area contributed by atoms with E-state index in [0.29, 0.717) is 6.54 Å². The fourth-order valence-corrected chi connectivity index (χ4v) is 4.85. The largest absolute Gasteiger partial charge is 0.497 e. The van der Waals surface area contributed by atoms with E-state index in [2.05, 4.69) is 28.8 Å². The van der Waals surface area contributed by atoms with Gasteiger partial charge in [0.1, 0.15) is 16.4 Å². The summed E-state index contributed by atoms with van der Waals surface area (Å²) in [5, 5.41) is 2.96. The number of amides is 1. The van der Waals surface area contributed by atoms with Gasteiger partial charge in [0.05, 0.1) is 26.9 Å². The molecule has 2 rings (SSSR count). The first-order valence-electron chi connectivity index (χ1n) is 11.1. The monoisotopic (exact) mass is 493 g/mol. The van der Waals surface area contributed by atoms with Crippen LogP contribution in [0.5, 0.6) is 11.5 Å². The Morgan fingerprint density at radius 2 is 1.76 bits per heavy atom. The van der Waals surface area contributed by atoms with Crippen molar-refractivity contribution in [1.82, 2.24) is 14.9 Å². The maximum Gasteiger partial charge on any atom is 0.251 e. The second kappa shape index (κ2) is 13.3. The van der Waals surface area contributed by atoms with Crippen LogP contribution in [-0.2, 0) is 14.8 Å². The van der Waals surface area contributed by atoms with E-state index in [9.17, 15) is 13.2 Å². The average molecular weight is 494 g/mol. The minimum atomic E-state index is -3.89. The van der Waals surface area contributed by atoms with E-state index in [0.717, 1.165) is 24.4 Å². The van der Waals surface area contributed by atoms with Crippen LogP contribution in [0.15, 0.2) is 47.4 Å². The highest BCUT2D eigenvalue weighted by Gasteiger charge is 2.23. The molecule has 1 unspecified atom stereocenters. The number of hydrogen-bond donors (Lipinski definition) is 2. The summed E-state index contributed by atoms with van der Waals surface area (Å²) in [6.45, 7) is 6.39. The van der Waals surface area contributed by atoms with Crippen molar-refractivity contribution in [2.75, 3.05) is 54.1 Å². The van der Waals surface area contributed by atoms with Crippen molar-refractivity contribution in [2.24, 2.45) is 0 Å². The highest BCUT2D eigenvalue weighted by molar-refractivity contribution is 7.89. The standard InChI is InChI=1S/C24H35N3O6S/c1-6-27(7-2)21(18-9-8-10-20(15-18)32-4)17-25-24(28)19-11-12-22(33-5)23(16-19)34(29,30)26-13-14-31-3/h8-12,15-16,21,26H,6-7,13-14,17H2,1-5H3,(H,25,28). The number of nitrogens with zero attached hydrogens (tertiary/aromatic N) is 1. The summed E-state index contributed by atoms with van der Waals surface area (Å²) in [6.07, 6.45) is 0. The molecule has 0 heterocycles. The molecule has 0 aliphatic carbocycles. The van der Waals surface area contributed by atoms with Crippen molar-refractivity contribution in [2.45, 2.75) is 24.8 Å². The molecule has 0 aromatic heterocycles. The first kappa shape index (κ1) is 27.6. The van der Waals surface area contributed by atoms with Gasteiger partial charge < -0.3 is 19.5 Å². The van der Waals surface area contributed by atoms with Gasteiger partial charge in [0.2, 0.25) is 10.0 Å². The number of likely N-dealkylation sites (N-methyl/N-ethyl adjacent to an activating group) is 1. The zero-order valence-corrected chi connectivity index (χ0v) is 21.3. The molecule has 34 heavy (non-hydrogen) atoms. The molecular weight excluding hydrogens is 458 g/mol. The van der Waals surface area contributed by atoms with Crippen molar-refractivity contribution >= 4 is 15.9 Å². The Kier molecular flexibility index (Phi) is 10.8. The Morgan fingerprint density at radius 3 is 2.38 bits per heavy atom. The van der Waals surface area contributed by atoms with Crippen LogP contribution in [0.2, 0.25) is 0 Å². The average Bonchev–Trinajstić information content (AvgIpc) is 2.86. The van der Waals surface area contributed by atoms with Crippen molar-refractivity contribution in [3.63, 3.8) is 0 Å². The quantitative estimate of drug-likeness (QED) is 0.389. The zero-order chi connectivity index (χ0) is 25.1. The van der Waals surface area contributed by atoms with E-state index in [4.69, 9.17) is 14.2 Å². The summed E-state index contributed by atoms with van der Waals surface area (Å²) < 4.78 is 43.4. The lowest BCUT2D eigenvalue weighted by Gasteiger charge is -2.30. The van der Waals surface area contributed by atoms with E-state index < -0.39 is 10.0 Å². The van der Waals surface area contributed by atoms with Crippen LogP contribution in [0.1, 0.15) is 35.8 Å². The molecule has 0 aliphatic heterocycles. The summed E-state index contributed by atoms with van der Waals surface area (Å²) in [5.74, 6) is 0.516. The lowest BCUT2D eigenvalue weighted by molar-refractivity contribution is 0.0934. The predicted molar refractivity (Wildman–Crippen MR) is 131 cm³/mol. The highest BCUT2D eigenvalue weighted by atomic mass is 32.2. The molecule has 0 saturated heterocycles. The third kappa shape index (κ3) is 7.17. The van der Waals surface area contributed by atoms with Crippen molar-refractivity contribution < 1.29 is 27.4 Å². The van der Waals surface area contributed by atoms with Gasteiger partial charge in [-0.05, 0) is 49.0 Å². The van der Waals surface area contributed by atoms with Gasteiger partial charge >= 0.3 is 0 Å². The third-order valence-electron chi connectivity index (χ3n) is 5.50. The topological polar surface area (TPSA) is 106 Å². The number of hydrogen-bond acceptors (Lipinski definition) is 7. The van der Waals surface area contributed by atoms with E-state index in [1.54, 1.807) is 13.2 Å². The maximum absolute atomic E-state index is 13.0. The Morgan fingerprint density at radius 1 is 1.03 bits per heavy atom. The van der Waals surface area contributed by atoms with Crippen molar-refractivity contribution in [1.29, 1.82) is 0 Å². The predicted octanol–water partition coefficient (Wildman–Crippen LogP) is 2.44. The van der Waals surface area contributed by atoms with Gasteiger partial charge in [-0.1, -0.05) is 26.0 Å². The van der Waals surface area contributed by atoms with Crippen LogP contribution in [-0.4, -0.2) is 73.3 Å². The zero-order valence-electron chi connectivity index (χ0n) is 20.5. The third-order valence-corrected chi connectivity index (χ3v) is 6.98. The summed E-state index contributed by atoms with van der Waals surface area (Å²) in [4.78, 5) is 15.1. The molecule has 0 saturated carbocycles. The van der Waals surface area contributed by atoms with Crippen LogP contribution in [0, 0.1) is 0 Å². The molecule has 2 aromatic rings. The summed E-state index contributed by atoms with van der Waals surface area (Å²) in [5.41, 5.74) is 1.24. The van der Waals surface area contributed by atoms with E-state index in [1.165, 1.54) is 26.4 Å². The molecular formula is C24H35N3O6S. The highest BCUT2D eigenvalue weighted by Crippen LogP contribution is 2.26. The molecule has 10 heteroatoms. The van der Waals surface area contributed by atoms with Crippen LogP contribution >= 0.6 is 0 Å². The summed E-state index contributed by atoms with van der Waals surface area (Å²) in [7, 11) is 0.590. The number of carbonyl (C=O) groups is 1. The molecule has 2 aromatic carbocycles. The van der Waals surface area contributed by atoms with Crippen LogP contribution in [0.3, 0.4) is 0 Å². The van der Waals surface area contributed by atoms with E-state index in [1.807, 2.05) is 24.3 Å². The molecule has 1 atom stereocenters. The van der Waals surface area contributed by atoms with Gasteiger partial charge in [-0.2, -0.15) is 0 Å². The second-order valence-corrected chi connectivity index (χ2v) is 9.22. The molecule has 0 aliphatic rings. The van der Waals surface area contributed by atoms with Crippen molar-refractivity contribution in [3.05, 3.63) is 53.6 Å². The maximum atomic E-state index is 13.0. The molecule has 0 radical (unpaired) electrons. The molecule has 1 amide bonds.